The van der Waals surface area contributed by atoms with Gasteiger partial charge in [0.05, 0.1) is 12.5 Å². The Morgan fingerprint density at radius 1 is 1.33 bits per heavy atom. The van der Waals surface area contributed by atoms with Gasteiger partial charge in [-0.2, -0.15) is 0 Å². The Kier molecular flexibility index (Phi) is 2.74. The third kappa shape index (κ3) is 1.75. The van der Waals surface area contributed by atoms with Crippen LogP contribution in [-0.2, 0) is 19.4 Å². The van der Waals surface area contributed by atoms with E-state index in [4.69, 9.17) is 5.73 Å². The Morgan fingerprint density at radius 3 is 3.06 bits per heavy atom. The number of hydrogen-bond donors (Lipinski definition) is 1. The zero-order chi connectivity index (χ0) is 12.5. The van der Waals surface area contributed by atoms with Crippen molar-refractivity contribution in [1.82, 2.24) is 19.5 Å². The van der Waals surface area contributed by atoms with Crippen molar-refractivity contribution in [2.45, 2.75) is 39.2 Å². The molecule has 0 fully saturated rings. The summed E-state index contributed by atoms with van der Waals surface area (Å²) in [6.45, 7) is 3.07. The summed E-state index contributed by atoms with van der Waals surface area (Å²) in [7, 11) is 0. The van der Waals surface area contributed by atoms with E-state index < -0.39 is 0 Å². The van der Waals surface area contributed by atoms with E-state index in [1.165, 1.54) is 0 Å². The van der Waals surface area contributed by atoms with Gasteiger partial charge in [0, 0.05) is 17.8 Å². The molecule has 94 valence electrons. The monoisotopic (exact) mass is 243 g/mol. The van der Waals surface area contributed by atoms with Gasteiger partial charge in [0.2, 0.25) is 0 Å². The highest BCUT2D eigenvalue weighted by Gasteiger charge is 2.19. The van der Waals surface area contributed by atoms with Crippen molar-refractivity contribution >= 4 is 5.82 Å². The molecule has 0 unspecified atom stereocenters. The molecule has 1 aliphatic rings. The summed E-state index contributed by atoms with van der Waals surface area (Å²) in [5, 5.41) is 0. The van der Waals surface area contributed by atoms with Crippen molar-refractivity contribution in [2.24, 2.45) is 0 Å². The van der Waals surface area contributed by atoms with Gasteiger partial charge in [-0.25, -0.2) is 15.0 Å². The van der Waals surface area contributed by atoms with E-state index >= 15 is 0 Å². The lowest BCUT2D eigenvalue weighted by molar-refractivity contribution is 0.681. The standard InChI is InChI=1S/C13H17N5/c1-2-6-18-8-15-7-11(18)13-16-10-5-3-4-9(10)12(14)17-13/h7-8H,2-6H2,1H3,(H2,14,16,17). The molecular weight excluding hydrogens is 226 g/mol. The highest BCUT2D eigenvalue weighted by atomic mass is 15.1. The normalized spacial score (nSPS) is 13.8. The van der Waals surface area contributed by atoms with Gasteiger partial charge in [-0.1, -0.05) is 6.92 Å². The zero-order valence-electron chi connectivity index (χ0n) is 10.6. The van der Waals surface area contributed by atoms with Crippen LogP contribution in [0.15, 0.2) is 12.5 Å². The molecule has 2 aromatic rings. The number of nitrogens with two attached hydrogens (primary N) is 1. The molecule has 0 bridgehead atoms. The summed E-state index contributed by atoms with van der Waals surface area (Å²) in [5.74, 6) is 1.34. The SMILES string of the molecule is CCCn1cncc1-c1nc(N)c2c(n1)CCC2. The van der Waals surface area contributed by atoms with Crippen LogP contribution in [0, 0.1) is 0 Å². The Labute approximate surface area is 106 Å². The molecule has 0 aromatic carbocycles. The summed E-state index contributed by atoms with van der Waals surface area (Å²) in [5.41, 5.74) is 9.23. The first kappa shape index (κ1) is 11.2. The highest BCUT2D eigenvalue weighted by Crippen LogP contribution is 2.27. The van der Waals surface area contributed by atoms with Gasteiger partial charge >= 0.3 is 0 Å². The predicted octanol–water partition coefficient (Wildman–Crippen LogP) is 1.82. The van der Waals surface area contributed by atoms with Crippen molar-refractivity contribution in [3.63, 3.8) is 0 Å². The number of fused-ring (bicyclic) bond motifs is 1. The highest BCUT2D eigenvalue weighted by molar-refractivity contribution is 5.55. The van der Waals surface area contributed by atoms with Crippen molar-refractivity contribution in [2.75, 3.05) is 5.73 Å². The Morgan fingerprint density at radius 2 is 2.22 bits per heavy atom. The van der Waals surface area contributed by atoms with Crippen LogP contribution in [0.3, 0.4) is 0 Å². The van der Waals surface area contributed by atoms with Crippen molar-refractivity contribution in [3.05, 3.63) is 23.8 Å². The van der Waals surface area contributed by atoms with Gasteiger partial charge in [0.15, 0.2) is 5.82 Å². The number of nitrogens with zero attached hydrogens (tertiary/aromatic N) is 4. The second-order valence-corrected chi connectivity index (χ2v) is 4.68. The van der Waals surface area contributed by atoms with Crippen molar-refractivity contribution in [3.8, 4) is 11.5 Å². The first-order valence-electron chi connectivity index (χ1n) is 6.45. The van der Waals surface area contributed by atoms with E-state index in [1.54, 1.807) is 0 Å². The van der Waals surface area contributed by atoms with Crippen LogP contribution in [0.2, 0.25) is 0 Å². The Hall–Kier alpha value is -1.91. The number of aryl methyl sites for hydroxylation is 2. The van der Waals surface area contributed by atoms with E-state index in [9.17, 15) is 0 Å². The molecule has 0 aliphatic heterocycles. The topological polar surface area (TPSA) is 69.6 Å². The minimum atomic E-state index is 0.636. The molecule has 0 radical (unpaired) electrons. The zero-order valence-corrected chi connectivity index (χ0v) is 10.6. The molecule has 5 heteroatoms. The molecule has 0 saturated carbocycles. The molecule has 3 rings (SSSR count). The molecule has 2 aromatic heterocycles. The van der Waals surface area contributed by atoms with Crippen LogP contribution < -0.4 is 5.73 Å². The third-order valence-corrected chi connectivity index (χ3v) is 3.37. The Balaban J connectivity index is 2.06. The smallest absolute Gasteiger partial charge is 0.180 e. The fraction of sp³-hybridized carbons (Fsp3) is 0.462. The maximum absolute atomic E-state index is 6.02. The van der Waals surface area contributed by atoms with E-state index in [0.29, 0.717) is 11.6 Å². The van der Waals surface area contributed by atoms with Gasteiger partial charge in [0.1, 0.15) is 11.5 Å². The molecule has 0 atom stereocenters. The van der Waals surface area contributed by atoms with Crippen molar-refractivity contribution < 1.29 is 0 Å². The number of nitrogen functional groups attached to an aromatic ring is 1. The maximum Gasteiger partial charge on any atom is 0.180 e. The number of rotatable bonds is 3. The maximum atomic E-state index is 6.02. The summed E-state index contributed by atoms with van der Waals surface area (Å²) in [6, 6.07) is 0. The fourth-order valence-corrected chi connectivity index (χ4v) is 2.50. The van der Waals surface area contributed by atoms with Crippen LogP contribution in [0.4, 0.5) is 5.82 Å². The molecule has 0 amide bonds. The Bertz CT molecular complexity index is 573. The number of imidazole rings is 1. The van der Waals surface area contributed by atoms with Crippen LogP contribution in [0.5, 0.6) is 0 Å². The quantitative estimate of drug-likeness (QED) is 0.892. The third-order valence-electron chi connectivity index (χ3n) is 3.37. The summed E-state index contributed by atoms with van der Waals surface area (Å²) >= 11 is 0. The van der Waals surface area contributed by atoms with E-state index in [-0.39, 0.29) is 0 Å². The van der Waals surface area contributed by atoms with Crippen molar-refractivity contribution in [1.29, 1.82) is 0 Å². The summed E-state index contributed by atoms with van der Waals surface area (Å²) in [4.78, 5) is 13.3. The van der Waals surface area contributed by atoms with Crippen LogP contribution in [-0.4, -0.2) is 19.5 Å². The first-order valence-corrected chi connectivity index (χ1v) is 6.45. The van der Waals surface area contributed by atoms with Gasteiger partial charge in [0.25, 0.3) is 0 Å². The molecule has 0 spiro atoms. The van der Waals surface area contributed by atoms with E-state index in [1.807, 2.05) is 12.5 Å². The molecule has 1 aliphatic carbocycles. The minimum Gasteiger partial charge on any atom is -0.383 e. The van der Waals surface area contributed by atoms with Gasteiger partial charge in [-0.15, -0.1) is 0 Å². The van der Waals surface area contributed by atoms with Gasteiger partial charge < -0.3 is 10.3 Å². The molecule has 0 saturated heterocycles. The molecule has 2 heterocycles. The predicted molar refractivity (Wildman–Crippen MR) is 70.0 cm³/mol. The average Bonchev–Trinajstić information content (AvgIpc) is 2.97. The fourth-order valence-electron chi connectivity index (χ4n) is 2.50. The van der Waals surface area contributed by atoms with Crippen LogP contribution in [0.1, 0.15) is 31.0 Å². The summed E-state index contributed by atoms with van der Waals surface area (Å²) in [6.07, 6.45) is 7.85. The van der Waals surface area contributed by atoms with Gasteiger partial charge in [-0.05, 0) is 25.7 Å². The minimum absolute atomic E-state index is 0.636. The number of hydrogen-bond acceptors (Lipinski definition) is 4. The second kappa shape index (κ2) is 4.40. The van der Waals surface area contributed by atoms with Crippen LogP contribution >= 0.6 is 0 Å². The van der Waals surface area contributed by atoms with Gasteiger partial charge in [-0.3, -0.25) is 0 Å². The van der Waals surface area contributed by atoms with E-state index in [0.717, 1.165) is 49.2 Å². The summed E-state index contributed by atoms with van der Waals surface area (Å²) < 4.78 is 2.08. The average molecular weight is 243 g/mol. The molecule has 2 N–H and O–H groups in total. The lowest BCUT2D eigenvalue weighted by Crippen LogP contribution is -2.06. The lowest BCUT2D eigenvalue weighted by atomic mass is 10.2. The second-order valence-electron chi connectivity index (χ2n) is 4.68. The van der Waals surface area contributed by atoms with E-state index in [2.05, 4.69) is 26.4 Å². The molecule has 5 nitrogen and oxygen atoms in total. The largest absolute Gasteiger partial charge is 0.383 e. The lowest BCUT2D eigenvalue weighted by Gasteiger charge is -2.08. The number of aromatic nitrogens is 4. The molecular formula is C13H17N5. The number of anilines is 1. The van der Waals surface area contributed by atoms with Crippen LogP contribution in [0.25, 0.3) is 11.5 Å². The molecule has 18 heavy (non-hydrogen) atoms. The first-order chi connectivity index (χ1) is 8.79.